The summed E-state index contributed by atoms with van der Waals surface area (Å²) in [5.41, 5.74) is 2.53. The average molecular weight is 270 g/mol. The highest BCUT2D eigenvalue weighted by Crippen LogP contribution is 2.27. The van der Waals surface area contributed by atoms with Crippen LogP contribution < -0.4 is 0 Å². The summed E-state index contributed by atoms with van der Waals surface area (Å²) in [6, 6.07) is 9.22. The molecule has 1 aliphatic heterocycles. The Bertz CT molecular complexity index is 569. The molecule has 0 spiro atoms. The van der Waals surface area contributed by atoms with Gasteiger partial charge in [-0.25, -0.2) is 9.67 Å². The fourth-order valence-electron chi connectivity index (χ4n) is 3.00. The first-order valence-electron chi connectivity index (χ1n) is 7.51. The van der Waals surface area contributed by atoms with Gasteiger partial charge < -0.3 is 0 Å². The molecule has 0 unspecified atom stereocenters. The van der Waals surface area contributed by atoms with Crippen molar-refractivity contribution in [3.8, 4) is 11.4 Å². The van der Waals surface area contributed by atoms with Gasteiger partial charge in [0.05, 0.1) is 0 Å². The SMILES string of the molecule is CCn1ncnc1-c1cccc([C@@H](C)N2CCCC2)c1. The normalized spacial score (nSPS) is 17.5. The molecule has 0 aliphatic carbocycles. The molecule has 3 rings (SSSR count). The molecule has 1 fully saturated rings. The lowest BCUT2D eigenvalue weighted by Gasteiger charge is -2.24. The quantitative estimate of drug-likeness (QED) is 0.856. The van der Waals surface area contributed by atoms with Crippen LogP contribution in [0.1, 0.15) is 38.3 Å². The van der Waals surface area contributed by atoms with Gasteiger partial charge in [-0.1, -0.05) is 18.2 Å². The molecule has 0 N–H and O–H groups in total. The third-order valence-electron chi connectivity index (χ3n) is 4.23. The minimum Gasteiger partial charge on any atom is -0.297 e. The highest BCUT2D eigenvalue weighted by atomic mass is 15.3. The zero-order chi connectivity index (χ0) is 13.9. The van der Waals surface area contributed by atoms with E-state index >= 15 is 0 Å². The van der Waals surface area contributed by atoms with Crippen molar-refractivity contribution in [3.05, 3.63) is 36.2 Å². The Balaban J connectivity index is 1.89. The highest BCUT2D eigenvalue weighted by molar-refractivity contribution is 5.56. The summed E-state index contributed by atoms with van der Waals surface area (Å²) in [6.07, 6.45) is 4.29. The van der Waals surface area contributed by atoms with E-state index < -0.39 is 0 Å². The summed E-state index contributed by atoms with van der Waals surface area (Å²) in [4.78, 5) is 6.95. The standard InChI is InChI=1S/C16H22N4/c1-3-20-16(17-12-18-20)15-8-6-7-14(11-15)13(2)19-9-4-5-10-19/h6-8,11-13H,3-5,9-10H2,1-2H3/t13-/m1/s1. The predicted octanol–water partition coefficient (Wildman–Crippen LogP) is 3.12. The maximum Gasteiger partial charge on any atom is 0.158 e. The van der Waals surface area contributed by atoms with E-state index in [2.05, 4.69) is 53.1 Å². The van der Waals surface area contributed by atoms with Gasteiger partial charge in [0.25, 0.3) is 0 Å². The first kappa shape index (κ1) is 13.3. The number of likely N-dealkylation sites (tertiary alicyclic amines) is 1. The van der Waals surface area contributed by atoms with Gasteiger partial charge in [-0.05, 0) is 51.4 Å². The zero-order valence-electron chi connectivity index (χ0n) is 12.3. The van der Waals surface area contributed by atoms with E-state index in [9.17, 15) is 0 Å². The number of hydrogen-bond donors (Lipinski definition) is 0. The number of benzene rings is 1. The van der Waals surface area contributed by atoms with Crippen LogP contribution in [-0.2, 0) is 6.54 Å². The van der Waals surface area contributed by atoms with Gasteiger partial charge in [0.1, 0.15) is 6.33 Å². The predicted molar refractivity (Wildman–Crippen MR) is 80.4 cm³/mol. The molecule has 4 nitrogen and oxygen atoms in total. The van der Waals surface area contributed by atoms with Crippen LogP contribution >= 0.6 is 0 Å². The lowest BCUT2D eigenvalue weighted by Crippen LogP contribution is -2.23. The molecule has 0 radical (unpaired) electrons. The van der Waals surface area contributed by atoms with Gasteiger partial charge in [-0.2, -0.15) is 5.10 Å². The molecule has 20 heavy (non-hydrogen) atoms. The molecule has 106 valence electrons. The maximum atomic E-state index is 4.39. The van der Waals surface area contributed by atoms with E-state index in [4.69, 9.17) is 0 Å². The molecule has 1 atom stereocenters. The van der Waals surface area contributed by atoms with Crippen LogP contribution in [0.5, 0.6) is 0 Å². The van der Waals surface area contributed by atoms with Crippen molar-refractivity contribution < 1.29 is 0 Å². The Hall–Kier alpha value is -1.68. The second-order valence-corrected chi connectivity index (χ2v) is 5.44. The van der Waals surface area contributed by atoms with Crippen LogP contribution in [0.2, 0.25) is 0 Å². The first-order valence-corrected chi connectivity index (χ1v) is 7.51. The molecule has 1 aromatic heterocycles. The third kappa shape index (κ3) is 2.48. The molecule has 0 bridgehead atoms. The topological polar surface area (TPSA) is 34.0 Å². The fraction of sp³-hybridized carbons (Fsp3) is 0.500. The van der Waals surface area contributed by atoms with Crippen molar-refractivity contribution in [2.24, 2.45) is 0 Å². The first-order chi connectivity index (χ1) is 9.79. The van der Waals surface area contributed by atoms with Gasteiger partial charge in [-0.3, -0.25) is 4.90 Å². The highest BCUT2D eigenvalue weighted by Gasteiger charge is 2.20. The average Bonchev–Trinajstić information content (AvgIpc) is 3.17. The van der Waals surface area contributed by atoms with Crippen LogP contribution in [0.15, 0.2) is 30.6 Å². The van der Waals surface area contributed by atoms with E-state index in [0.717, 1.165) is 17.9 Å². The molecule has 2 aromatic rings. The number of nitrogens with zero attached hydrogens (tertiary/aromatic N) is 4. The van der Waals surface area contributed by atoms with Crippen LogP contribution in [-0.4, -0.2) is 32.8 Å². The zero-order valence-corrected chi connectivity index (χ0v) is 12.3. The molecule has 1 aliphatic rings. The van der Waals surface area contributed by atoms with Gasteiger partial charge in [0.15, 0.2) is 5.82 Å². The van der Waals surface area contributed by atoms with E-state index in [1.54, 1.807) is 6.33 Å². The van der Waals surface area contributed by atoms with Crippen molar-refractivity contribution in [3.63, 3.8) is 0 Å². The van der Waals surface area contributed by atoms with Crippen LogP contribution in [0.3, 0.4) is 0 Å². The summed E-state index contributed by atoms with van der Waals surface area (Å²) in [7, 11) is 0. The molecule has 4 heteroatoms. The van der Waals surface area contributed by atoms with Crippen molar-refractivity contribution in [1.82, 2.24) is 19.7 Å². The van der Waals surface area contributed by atoms with E-state index in [-0.39, 0.29) is 0 Å². The fourth-order valence-corrected chi connectivity index (χ4v) is 3.00. The van der Waals surface area contributed by atoms with Crippen molar-refractivity contribution >= 4 is 0 Å². The van der Waals surface area contributed by atoms with Crippen LogP contribution in [0, 0.1) is 0 Å². The van der Waals surface area contributed by atoms with Crippen LogP contribution in [0.4, 0.5) is 0 Å². The Morgan fingerprint density at radius 2 is 2.05 bits per heavy atom. The second-order valence-electron chi connectivity index (χ2n) is 5.44. The summed E-state index contributed by atoms with van der Waals surface area (Å²) in [5.74, 6) is 0.961. The minimum atomic E-state index is 0.482. The van der Waals surface area contributed by atoms with Crippen molar-refractivity contribution in [2.45, 2.75) is 39.3 Å². The summed E-state index contributed by atoms with van der Waals surface area (Å²) in [6.45, 7) is 7.68. The number of hydrogen-bond acceptors (Lipinski definition) is 3. The lowest BCUT2D eigenvalue weighted by molar-refractivity contribution is 0.263. The minimum absolute atomic E-state index is 0.482. The Morgan fingerprint density at radius 1 is 1.25 bits per heavy atom. The molecular formula is C16H22N4. The third-order valence-corrected chi connectivity index (χ3v) is 4.23. The summed E-state index contributed by atoms with van der Waals surface area (Å²) in [5, 5.41) is 4.26. The van der Waals surface area contributed by atoms with E-state index in [0.29, 0.717) is 6.04 Å². The monoisotopic (exact) mass is 270 g/mol. The van der Waals surface area contributed by atoms with E-state index in [1.807, 2.05) is 4.68 Å². The van der Waals surface area contributed by atoms with Crippen LogP contribution in [0.25, 0.3) is 11.4 Å². The molecule has 0 saturated carbocycles. The Labute approximate surface area is 120 Å². The number of aromatic nitrogens is 3. The summed E-state index contributed by atoms with van der Waals surface area (Å²) < 4.78 is 1.94. The van der Waals surface area contributed by atoms with Gasteiger partial charge >= 0.3 is 0 Å². The summed E-state index contributed by atoms with van der Waals surface area (Å²) >= 11 is 0. The molecule has 0 amide bonds. The second kappa shape index (κ2) is 5.75. The van der Waals surface area contributed by atoms with Crippen molar-refractivity contribution in [2.75, 3.05) is 13.1 Å². The largest absolute Gasteiger partial charge is 0.297 e. The van der Waals surface area contributed by atoms with Gasteiger partial charge in [0, 0.05) is 18.2 Å². The maximum absolute atomic E-state index is 4.39. The Kier molecular flexibility index (Phi) is 3.83. The molecule has 1 saturated heterocycles. The molecule has 1 aromatic carbocycles. The Morgan fingerprint density at radius 3 is 2.80 bits per heavy atom. The number of aryl methyl sites for hydroxylation is 1. The number of rotatable bonds is 4. The lowest BCUT2D eigenvalue weighted by atomic mass is 10.0. The van der Waals surface area contributed by atoms with Crippen molar-refractivity contribution in [1.29, 1.82) is 0 Å². The van der Waals surface area contributed by atoms with E-state index in [1.165, 1.54) is 31.5 Å². The smallest absolute Gasteiger partial charge is 0.158 e. The molecule has 2 heterocycles. The van der Waals surface area contributed by atoms with Gasteiger partial charge in [-0.15, -0.1) is 0 Å². The van der Waals surface area contributed by atoms with Gasteiger partial charge in [0.2, 0.25) is 0 Å². The molecular weight excluding hydrogens is 248 g/mol.